The molecule has 0 amide bonds. The number of fused-ring (bicyclic) bond motifs is 2. The molecule has 0 unspecified atom stereocenters. The van der Waals surface area contributed by atoms with E-state index in [1.807, 2.05) is 18.2 Å². The van der Waals surface area contributed by atoms with Gasteiger partial charge in [0.05, 0.1) is 11.6 Å². The molecule has 98 valence electrons. The molecule has 0 aliphatic carbocycles. The van der Waals surface area contributed by atoms with E-state index in [0.29, 0.717) is 5.56 Å². The molecule has 0 N–H and O–H groups in total. The predicted octanol–water partition coefficient (Wildman–Crippen LogP) is 3.98. The molecular formula is C18H16N2. The molecule has 2 nitrogen and oxygen atoms in total. The molecule has 0 spiro atoms. The quantitative estimate of drug-likeness (QED) is 0.764. The highest BCUT2D eigenvalue weighted by Crippen LogP contribution is 2.36. The van der Waals surface area contributed by atoms with Gasteiger partial charge in [0, 0.05) is 17.9 Å². The van der Waals surface area contributed by atoms with Crippen molar-refractivity contribution in [2.24, 2.45) is 0 Å². The maximum Gasteiger partial charge on any atom is 0.0992 e. The molecule has 1 aliphatic rings. The fourth-order valence-electron chi connectivity index (χ4n) is 2.81. The first-order valence-corrected chi connectivity index (χ1v) is 6.83. The first-order valence-electron chi connectivity index (χ1n) is 6.83. The molecule has 2 aromatic rings. The van der Waals surface area contributed by atoms with Crippen molar-refractivity contribution < 1.29 is 0 Å². The van der Waals surface area contributed by atoms with Gasteiger partial charge in [-0.2, -0.15) is 5.26 Å². The van der Waals surface area contributed by atoms with E-state index in [4.69, 9.17) is 5.26 Å². The smallest absolute Gasteiger partial charge is 0.0992 e. The van der Waals surface area contributed by atoms with E-state index < -0.39 is 0 Å². The minimum Gasteiger partial charge on any atom is -0.337 e. The van der Waals surface area contributed by atoms with Gasteiger partial charge in [0.15, 0.2) is 0 Å². The van der Waals surface area contributed by atoms with Crippen molar-refractivity contribution >= 4 is 11.4 Å². The lowest BCUT2D eigenvalue weighted by molar-refractivity contribution is 0.977. The average Bonchev–Trinajstić information content (AvgIpc) is 2.65. The van der Waals surface area contributed by atoms with E-state index >= 15 is 0 Å². The Labute approximate surface area is 119 Å². The van der Waals surface area contributed by atoms with Crippen LogP contribution in [0, 0.1) is 11.3 Å². The van der Waals surface area contributed by atoms with E-state index in [1.54, 1.807) is 0 Å². The molecule has 0 aromatic heterocycles. The number of benzene rings is 2. The van der Waals surface area contributed by atoms with Crippen LogP contribution in [0.1, 0.15) is 16.7 Å². The number of nitriles is 1. The molecule has 20 heavy (non-hydrogen) atoms. The first-order chi connectivity index (χ1) is 9.83. The van der Waals surface area contributed by atoms with Crippen molar-refractivity contribution in [3.63, 3.8) is 0 Å². The second kappa shape index (κ2) is 5.22. The lowest BCUT2D eigenvalue weighted by Crippen LogP contribution is -2.18. The topological polar surface area (TPSA) is 27.0 Å². The lowest BCUT2D eigenvalue weighted by Gasteiger charge is -2.25. The van der Waals surface area contributed by atoms with E-state index in [9.17, 15) is 0 Å². The summed E-state index contributed by atoms with van der Waals surface area (Å²) in [7, 11) is 0. The van der Waals surface area contributed by atoms with Crippen LogP contribution < -0.4 is 4.90 Å². The highest BCUT2D eigenvalue weighted by atomic mass is 15.1. The summed E-state index contributed by atoms with van der Waals surface area (Å²) in [5, 5.41) is 9.13. The Bertz CT molecular complexity index is 695. The van der Waals surface area contributed by atoms with Crippen LogP contribution >= 0.6 is 0 Å². The van der Waals surface area contributed by atoms with E-state index in [1.165, 1.54) is 16.8 Å². The number of aryl methyl sites for hydroxylation is 2. The van der Waals surface area contributed by atoms with Crippen LogP contribution in [-0.4, -0.2) is 6.54 Å². The van der Waals surface area contributed by atoms with Gasteiger partial charge in [0.2, 0.25) is 0 Å². The van der Waals surface area contributed by atoms with Gasteiger partial charge >= 0.3 is 0 Å². The van der Waals surface area contributed by atoms with E-state index in [2.05, 4.69) is 47.9 Å². The minimum absolute atomic E-state index is 0.706. The fraction of sp³-hybridized carbons (Fsp3) is 0.167. The van der Waals surface area contributed by atoms with Crippen LogP contribution in [0.4, 0.5) is 11.4 Å². The molecule has 0 fully saturated rings. The number of para-hydroxylation sites is 1. The molecule has 0 atom stereocenters. The van der Waals surface area contributed by atoms with E-state index in [-0.39, 0.29) is 0 Å². The summed E-state index contributed by atoms with van der Waals surface area (Å²) in [5.74, 6) is 0. The summed E-state index contributed by atoms with van der Waals surface area (Å²) < 4.78 is 0. The minimum atomic E-state index is 0.706. The second-order valence-corrected chi connectivity index (χ2v) is 4.98. The molecule has 2 heteroatoms. The molecular weight excluding hydrogens is 244 g/mol. The van der Waals surface area contributed by atoms with Gasteiger partial charge in [0.1, 0.15) is 0 Å². The lowest BCUT2D eigenvalue weighted by atomic mass is 10.0. The normalized spacial score (nSPS) is 12.8. The van der Waals surface area contributed by atoms with Gasteiger partial charge in [-0.1, -0.05) is 30.3 Å². The van der Waals surface area contributed by atoms with Gasteiger partial charge < -0.3 is 4.90 Å². The van der Waals surface area contributed by atoms with Crippen molar-refractivity contribution in [3.05, 3.63) is 71.8 Å². The maximum atomic E-state index is 9.13. The second-order valence-electron chi connectivity index (χ2n) is 4.98. The Morgan fingerprint density at radius 1 is 1.10 bits per heavy atom. The first kappa shape index (κ1) is 12.5. The number of rotatable bonds is 2. The van der Waals surface area contributed by atoms with Crippen LogP contribution in [0.15, 0.2) is 55.1 Å². The van der Waals surface area contributed by atoms with Crippen molar-refractivity contribution in [2.45, 2.75) is 12.8 Å². The summed E-state index contributed by atoms with van der Waals surface area (Å²) in [6, 6.07) is 16.7. The van der Waals surface area contributed by atoms with Crippen molar-refractivity contribution in [3.8, 4) is 6.07 Å². The van der Waals surface area contributed by atoms with Crippen LogP contribution in [0.2, 0.25) is 0 Å². The summed E-state index contributed by atoms with van der Waals surface area (Å²) in [6.45, 7) is 4.62. The zero-order valence-electron chi connectivity index (χ0n) is 11.3. The molecule has 1 aliphatic heterocycles. The standard InChI is InChI=1S/C18H16N2/c1-2-11-20-17-6-4-3-5-15(17)9-10-16-8-7-14(13-19)12-18(16)20/h2-8,12H,1,9-11H2. The molecule has 3 rings (SSSR count). The number of hydrogen-bond donors (Lipinski definition) is 0. The summed E-state index contributed by atoms with van der Waals surface area (Å²) >= 11 is 0. The Morgan fingerprint density at radius 3 is 2.60 bits per heavy atom. The molecule has 0 saturated heterocycles. The van der Waals surface area contributed by atoms with Crippen LogP contribution in [0.25, 0.3) is 0 Å². The third kappa shape index (κ3) is 2.08. The summed E-state index contributed by atoms with van der Waals surface area (Å²) in [5.41, 5.74) is 5.71. The summed E-state index contributed by atoms with van der Waals surface area (Å²) in [6.07, 6.45) is 3.94. The van der Waals surface area contributed by atoms with E-state index in [0.717, 1.165) is 25.1 Å². The monoisotopic (exact) mass is 260 g/mol. The van der Waals surface area contributed by atoms with Gasteiger partial charge in [0.25, 0.3) is 0 Å². The Morgan fingerprint density at radius 2 is 1.85 bits per heavy atom. The predicted molar refractivity (Wildman–Crippen MR) is 82.2 cm³/mol. The molecule has 1 heterocycles. The Kier molecular flexibility index (Phi) is 3.26. The van der Waals surface area contributed by atoms with Crippen LogP contribution in [0.5, 0.6) is 0 Å². The third-order valence-electron chi connectivity index (χ3n) is 3.76. The molecule has 0 radical (unpaired) electrons. The zero-order valence-corrected chi connectivity index (χ0v) is 11.3. The number of hydrogen-bond acceptors (Lipinski definition) is 2. The Hall–Kier alpha value is -2.53. The summed E-state index contributed by atoms with van der Waals surface area (Å²) in [4.78, 5) is 2.26. The van der Waals surface area contributed by atoms with Gasteiger partial charge in [-0.15, -0.1) is 6.58 Å². The van der Waals surface area contributed by atoms with Crippen molar-refractivity contribution in [1.82, 2.24) is 0 Å². The highest BCUT2D eigenvalue weighted by molar-refractivity contribution is 5.72. The molecule has 2 aromatic carbocycles. The van der Waals surface area contributed by atoms with Gasteiger partial charge in [-0.05, 0) is 42.2 Å². The SMILES string of the molecule is C=CCN1c2ccccc2CCc2ccc(C#N)cc21. The van der Waals surface area contributed by atoms with Gasteiger partial charge in [-0.3, -0.25) is 0 Å². The number of nitrogens with zero attached hydrogens (tertiary/aromatic N) is 2. The van der Waals surface area contributed by atoms with Crippen LogP contribution in [0.3, 0.4) is 0 Å². The Balaban J connectivity index is 2.20. The third-order valence-corrected chi connectivity index (χ3v) is 3.76. The van der Waals surface area contributed by atoms with Gasteiger partial charge in [-0.25, -0.2) is 0 Å². The fourth-order valence-corrected chi connectivity index (χ4v) is 2.81. The molecule has 0 bridgehead atoms. The zero-order chi connectivity index (χ0) is 13.9. The largest absolute Gasteiger partial charge is 0.337 e. The maximum absolute atomic E-state index is 9.13. The molecule has 0 saturated carbocycles. The average molecular weight is 260 g/mol. The van der Waals surface area contributed by atoms with Crippen molar-refractivity contribution in [1.29, 1.82) is 5.26 Å². The van der Waals surface area contributed by atoms with Crippen molar-refractivity contribution in [2.75, 3.05) is 11.4 Å². The highest BCUT2D eigenvalue weighted by Gasteiger charge is 2.19. The van der Waals surface area contributed by atoms with Crippen LogP contribution in [-0.2, 0) is 12.8 Å². The number of anilines is 2.